The van der Waals surface area contributed by atoms with E-state index < -0.39 is 5.91 Å². The Kier molecular flexibility index (Phi) is 3.02. The lowest BCUT2D eigenvalue weighted by Crippen LogP contribution is -2.14. The summed E-state index contributed by atoms with van der Waals surface area (Å²) in [5.74, 6) is -0.330. The molecule has 0 aliphatic carbocycles. The molecule has 1 amide bonds. The van der Waals surface area contributed by atoms with Crippen molar-refractivity contribution in [1.29, 1.82) is 0 Å². The Labute approximate surface area is 103 Å². The number of anilines is 2. The highest BCUT2D eigenvalue weighted by Gasteiger charge is 2.22. The molecule has 96 valence electrons. The van der Waals surface area contributed by atoms with E-state index in [0.717, 1.165) is 0 Å². The second-order valence-corrected chi connectivity index (χ2v) is 3.63. The standard InChI is InChI=1S/C10H14N6O2/c1-2-18-4-16-8(12)6(9(13)17)5-7(11)14-3-15-10(5)16/h3H,2,4,12H2,1H3,(H2,13,17)(H2,11,14,15). The van der Waals surface area contributed by atoms with Crippen molar-refractivity contribution >= 4 is 28.6 Å². The summed E-state index contributed by atoms with van der Waals surface area (Å²) in [6.07, 6.45) is 1.30. The largest absolute Gasteiger partial charge is 0.384 e. The zero-order valence-electron chi connectivity index (χ0n) is 9.88. The van der Waals surface area contributed by atoms with Crippen molar-refractivity contribution in [2.24, 2.45) is 5.73 Å². The van der Waals surface area contributed by atoms with Gasteiger partial charge in [0.15, 0.2) is 0 Å². The Bertz CT molecular complexity index is 606. The average molecular weight is 250 g/mol. The van der Waals surface area contributed by atoms with E-state index in [9.17, 15) is 4.79 Å². The molecule has 0 fully saturated rings. The maximum absolute atomic E-state index is 11.5. The first-order chi connectivity index (χ1) is 8.57. The predicted molar refractivity (Wildman–Crippen MR) is 66.5 cm³/mol. The highest BCUT2D eigenvalue weighted by molar-refractivity contribution is 6.13. The Balaban J connectivity index is 2.75. The van der Waals surface area contributed by atoms with E-state index in [4.69, 9.17) is 21.9 Å². The third-order valence-corrected chi connectivity index (χ3v) is 2.58. The molecule has 2 heterocycles. The molecule has 6 N–H and O–H groups in total. The number of carbonyl (C=O) groups excluding carboxylic acids is 1. The summed E-state index contributed by atoms with van der Waals surface area (Å²) in [5.41, 5.74) is 17.5. The fraction of sp³-hybridized carbons (Fsp3) is 0.300. The topological polar surface area (TPSA) is 135 Å². The summed E-state index contributed by atoms with van der Waals surface area (Å²) in [6.45, 7) is 2.52. The van der Waals surface area contributed by atoms with E-state index in [1.807, 2.05) is 6.92 Å². The zero-order valence-corrected chi connectivity index (χ0v) is 9.88. The summed E-state index contributed by atoms with van der Waals surface area (Å²) in [7, 11) is 0. The van der Waals surface area contributed by atoms with Gasteiger partial charge in [0, 0.05) is 6.61 Å². The fourth-order valence-corrected chi connectivity index (χ4v) is 1.77. The number of carbonyl (C=O) groups is 1. The van der Waals surface area contributed by atoms with E-state index in [2.05, 4.69) is 9.97 Å². The molecule has 18 heavy (non-hydrogen) atoms. The second kappa shape index (κ2) is 4.49. The molecule has 8 heteroatoms. The molecule has 0 bridgehead atoms. The van der Waals surface area contributed by atoms with Gasteiger partial charge in [-0.25, -0.2) is 9.97 Å². The predicted octanol–water partition coefficient (Wildman–Crippen LogP) is -0.311. The fourth-order valence-electron chi connectivity index (χ4n) is 1.77. The van der Waals surface area contributed by atoms with Crippen molar-refractivity contribution in [3.63, 3.8) is 0 Å². The summed E-state index contributed by atoms with van der Waals surface area (Å²) in [5, 5.41) is 0.363. The van der Waals surface area contributed by atoms with Gasteiger partial charge in [-0.05, 0) is 6.92 Å². The van der Waals surface area contributed by atoms with Crippen molar-refractivity contribution < 1.29 is 9.53 Å². The highest BCUT2D eigenvalue weighted by Crippen LogP contribution is 2.29. The summed E-state index contributed by atoms with van der Waals surface area (Å²) >= 11 is 0. The van der Waals surface area contributed by atoms with Gasteiger partial charge in [-0.15, -0.1) is 0 Å². The number of aromatic nitrogens is 3. The smallest absolute Gasteiger partial charge is 0.253 e. The van der Waals surface area contributed by atoms with Crippen molar-refractivity contribution in [2.45, 2.75) is 13.7 Å². The van der Waals surface area contributed by atoms with Crippen LogP contribution in [0, 0.1) is 0 Å². The first kappa shape index (κ1) is 12.1. The number of ether oxygens (including phenoxy) is 1. The monoisotopic (exact) mass is 250 g/mol. The summed E-state index contributed by atoms with van der Waals surface area (Å²) in [6, 6.07) is 0. The number of primary amides is 1. The Hall–Kier alpha value is -2.35. The van der Waals surface area contributed by atoms with E-state index >= 15 is 0 Å². The van der Waals surface area contributed by atoms with Gasteiger partial charge >= 0.3 is 0 Å². The maximum atomic E-state index is 11.5. The van der Waals surface area contributed by atoms with Crippen LogP contribution in [0.3, 0.4) is 0 Å². The van der Waals surface area contributed by atoms with Crippen LogP contribution in [0.2, 0.25) is 0 Å². The zero-order chi connectivity index (χ0) is 13.3. The lowest BCUT2D eigenvalue weighted by atomic mass is 10.2. The van der Waals surface area contributed by atoms with E-state index in [1.54, 1.807) is 0 Å². The van der Waals surface area contributed by atoms with Gasteiger partial charge in [-0.2, -0.15) is 0 Å². The van der Waals surface area contributed by atoms with Gasteiger partial charge in [0.1, 0.15) is 30.3 Å². The van der Waals surface area contributed by atoms with Crippen molar-refractivity contribution in [3.8, 4) is 0 Å². The van der Waals surface area contributed by atoms with Crippen LogP contribution in [-0.2, 0) is 11.5 Å². The molecule has 0 radical (unpaired) electrons. The summed E-state index contributed by atoms with van der Waals surface area (Å²) < 4.78 is 6.81. The second-order valence-electron chi connectivity index (χ2n) is 3.63. The molecule has 0 aromatic carbocycles. The molecule has 0 saturated heterocycles. The Morgan fingerprint density at radius 2 is 2.17 bits per heavy atom. The molecule has 0 unspecified atom stereocenters. The van der Waals surface area contributed by atoms with Crippen LogP contribution >= 0.6 is 0 Å². The van der Waals surface area contributed by atoms with Crippen LogP contribution in [0.25, 0.3) is 11.0 Å². The van der Waals surface area contributed by atoms with Gasteiger partial charge in [0.25, 0.3) is 5.91 Å². The molecule has 0 aliphatic heterocycles. The molecule has 0 spiro atoms. The van der Waals surface area contributed by atoms with Crippen LogP contribution in [0.15, 0.2) is 6.33 Å². The van der Waals surface area contributed by atoms with Crippen LogP contribution in [0.4, 0.5) is 11.6 Å². The first-order valence-electron chi connectivity index (χ1n) is 5.33. The average Bonchev–Trinajstić information content (AvgIpc) is 2.60. The molecule has 0 saturated carbocycles. The van der Waals surface area contributed by atoms with Gasteiger partial charge in [-0.1, -0.05) is 0 Å². The van der Waals surface area contributed by atoms with E-state index in [1.165, 1.54) is 10.9 Å². The molecule has 2 aromatic heterocycles. The minimum Gasteiger partial charge on any atom is -0.384 e. The van der Waals surface area contributed by atoms with Crippen molar-refractivity contribution in [1.82, 2.24) is 14.5 Å². The maximum Gasteiger partial charge on any atom is 0.253 e. The van der Waals surface area contributed by atoms with Crippen molar-refractivity contribution in [3.05, 3.63) is 11.9 Å². The van der Waals surface area contributed by atoms with Crippen LogP contribution in [0.5, 0.6) is 0 Å². The van der Waals surface area contributed by atoms with E-state index in [0.29, 0.717) is 17.6 Å². The van der Waals surface area contributed by atoms with Gasteiger partial charge < -0.3 is 21.9 Å². The minimum absolute atomic E-state index is 0.128. The summed E-state index contributed by atoms with van der Waals surface area (Å²) in [4.78, 5) is 19.3. The van der Waals surface area contributed by atoms with Crippen LogP contribution < -0.4 is 17.2 Å². The highest BCUT2D eigenvalue weighted by atomic mass is 16.5. The molecule has 8 nitrogen and oxygen atoms in total. The van der Waals surface area contributed by atoms with Crippen LogP contribution in [0.1, 0.15) is 17.3 Å². The number of nitrogens with zero attached hydrogens (tertiary/aromatic N) is 3. The van der Waals surface area contributed by atoms with Crippen molar-refractivity contribution in [2.75, 3.05) is 18.1 Å². The van der Waals surface area contributed by atoms with Gasteiger partial charge in [0.05, 0.1) is 10.9 Å². The van der Waals surface area contributed by atoms with E-state index in [-0.39, 0.29) is 23.9 Å². The van der Waals surface area contributed by atoms with Crippen LogP contribution in [-0.4, -0.2) is 27.0 Å². The third kappa shape index (κ3) is 1.72. The molecule has 2 rings (SSSR count). The molecule has 0 atom stereocenters. The first-order valence-corrected chi connectivity index (χ1v) is 5.33. The van der Waals surface area contributed by atoms with Gasteiger partial charge in [0.2, 0.25) is 0 Å². The molecular formula is C10H14N6O2. The molecular weight excluding hydrogens is 236 g/mol. The molecule has 2 aromatic rings. The number of hydrogen-bond acceptors (Lipinski definition) is 6. The lowest BCUT2D eigenvalue weighted by Gasteiger charge is -2.06. The Morgan fingerprint density at radius 3 is 2.78 bits per heavy atom. The number of amides is 1. The molecule has 0 aliphatic rings. The number of rotatable bonds is 4. The number of fused-ring (bicyclic) bond motifs is 1. The number of nitrogen functional groups attached to an aromatic ring is 2. The Morgan fingerprint density at radius 1 is 1.44 bits per heavy atom. The number of nitrogens with two attached hydrogens (primary N) is 3. The quantitative estimate of drug-likeness (QED) is 0.681. The van der Waals surface area contributed by atoms with Gasteiger partial charge in [-0.3, -0.25) is 9.36 Å². The SMILES string of the molecule is CCOCn1c(N)c(C(N)=O)c2c(N)ncnc21. The minimum atomic E-state index is -0.672. The third-order valence-electron chi connectivity index (χ3n) is 2.58. The normalized spacial score (nSPS) is 10.9. The lowest BCUT2D eigenvalue weighted by molar-refractivity contribution is 0.0915. The number of hydrogen-bond donors (Lipinski definition) is 3.